The van der Waals surface area contributed by atoms with Crippen LogP contribution in [0.1, 0.15) is 10.6 Å². The van der Waals surface area contributed by atoms with Crippen LogP contribution in [0.4, 0.5) is 9.93 Å². The molecule has 0 aliphatic carbocycles. The number of aromatic nitrogens is 2. The molecule has 1 aliphatic rings. The number of sulfonamides is 1. The van der Waals surface area contributed by atoms with Crippen LogP contribution in [0.3, 0.4) is 0 Å². The van der Waals surface area contributed by atoms with Crippen LogP contribution in [0.15, 0.2) is 29.4 Å². The van der Waals surface area contributed by atoms with Crippen LogP contribution >= 0.6 is 11.3 Å². The maximum absolute atomic E-state index is 12.6. The van der Waals surface area contributed by atoms with Crippen LogP contribution in [0, 0.1) is 0 Å². The minimum Gasteiger partial charge on any atom is -0.453 e. The zero-order valence-electron chi connectivity index (χ0n) is 12.2. The van der Waals surface area contributed by atoms with E-state index in [1.165, 1.54) is 41.2 Å². The summed E-state index contributed by atoms with van der Waals surface area (Å²) in [5, 5.41) is 2.91. The summed E-state index contributed by atoms with van der Waals surface area (Å²) in [5.41, 5.74) is 0.805. The summed E-state index contributed by atoms with van der Waals surface area (Å²) in [4.78, 5) is 20.4. The highest BCUT2D eigenvalue weighted by Gasteiger charge is 2.30. The van der Waals surface area contributed by atoms with Gasteiger partial charge in [-0.25, -0.2) is 18.2 Å². The highest BCUT2D eigenvalue weighted by atomic mass is 32.2. The summed E-state index contributed by atoms with van der Waals surface area (Å²) in [7, 11) is -2.32. The van der Waals surface area contributed by atoms with E-state index >= 15 is 0 Å². The van der Waals surface area contributed by atoms with E-state index in [0.29, 0.717) is 18.1 Å². The van der Waals surface area contributed by atoms with Crippen molar-refractivity contribution in [3.63, 3.8) is 0 Å². The summed E-state index contributed by atoms with van der Waals surface area (Å²) in [6, 6.07) is 3.11. The second-order valence-corrected chi connectivity index (χ2v) is 7.80. The number of rotatable bonds is 3. The van der Waals surface area contributed by atoms with Gasteiger partial charge >= 0.3 is 6.09 Å². The van der Waals surface area contributed by atoms with Crippen LogP contribution < -0.4 is 5.32 Å². The van der Waals surface area contributed by atoms with E-state index in [-0.39, 0.29) is 11.4 Å². The van der Waals surface area contributed by atoms with Crippen LogP contribution in [-0.4, -0.2) is 42.4 Å². The standard InChI is InChI=1S/C13H14N4O4S2/c1-21-13(18)16-12-15-10-4-6-17(8-11(10)22-12)23(19,20)9-3-2-5-14-7-9/h2-3,5,7H,4,6,8H2,1H3,(H,15,16,18). The molecule has 0 atom stereocenters. The van der Waals surface area contributed by atoms with Crippen molar-refractivity contribution in [2.45, 2.75) is 17.9 Å². The molecule has 3 rings (SSSR count). The van der Waals surface area contributed by atoms with E-state index in [2.05, 4.69) is 20.0 Å². The Bertz CT molecular complexity index is 820. The molecule has 3 heterocycles. The summed E-state index contributed by atoms with van der Waals surface area (Å²) in [6.45, 7) is 0.568. The lowest BCUT2D eigenvalue weighted by molar-refractivity contribution is 0.187. The van der Waals surface area contributed by atoms with E-state index in [1.54, 1.807) is 6.07 Å². The van der Waals surface area contributed by atoms with Crippen molar-refractivity contribution >= 4 is 32.6 Å². The second kappa shape index (κ2) is 6.22. The highest BCUT2D eigenvalue weighted by molar-refractivity contribution is 7.89. The highest BCUT2D eigenvalue weighted by Crippen LogP contribution is 2.30. The average Bonchev–Trinajstić information content (AvgIpc) is 2.96. The predicted molar refractivity (Wildman–Crippen MR) is 83.7 cm³/mol. The van der Waals surface area contributed by atoms with Gasteiger partial charge < -0.3 is 4.74 Å². The molecule has 0 fully saturated rings. The molecule has 0 radical (unpaired) electrons. The fourth-order valence-corrected chi connectivity index (χ4v) is 4.68. The van der Waals surface area contributed by atoms with Gasteiger partial charge in [-0.05, 0) is 12.1 Å². The molecule has 0 saturated carbocycles. The van der Waals surface area contributed by atoms with Crippen molar-refractivity contribution in [3.05, 3.63) is 35.1 Å². The summed E-state index contributed by atoms with van der Waals surface area (Å²) >= 11 is 1.25. The van der Waals surface area contributed by atoms with Crippen molar-refractivity contribution in [2.75, 3.05) is 19.0 Å². The van der Waals surface area contributed by atoms with Gasteiger partial charge in [0.1, 0.15) is 4.90 Å². The minimum atomic E-state index is -3.59. The van der Waals surface area contributed by atoms with Gasteiger partial charge in [0.2, 0.25) is 10.0 Å². The van der Waals surface area contributed by atoms with Crippen LogP contribution in [0.2, 0.25) is 0 Å². The first-order chi connectivity index (χ1) is 11.0. The van der Waals surface area contributed by atoms with Crippen molar-refractivity contribution < 1.29 is 17.9 Å². The van der Waals surface area contributed by atoms with E-state index in [4.69, 9.17) is 0 Å². The first kappa shape index (κ1) is 15.8. The third-order valence-corrected chi connectivity index (χ3v) is 6.19. The van der Waals surface area contributed by atoms with Crippen LogP contribution in [-0.2, 0) is 27.7 Å². The number of thiazole rings is 1. The Hall–Kier alpha value is -2.04. The van der Waals surface area contributed by atoms with Gasteiger partial charge in [0.25, 0.3) is 0 Å². The summed E-state index contributed by atoms with van der Waals surface area (Å²) in [6.07, 6.45) is 2.76. The van der Waals surface area contributed by atoms with Crippen LogP contribution in [0.5, 0.6) is 0 Å². The first-order valence-corrected chi connectivity index (χ1v) is 9.00. The molecule has 0 aromatic carbocycles. The minimum absolute atomic E-state index is 0.167. The lowest BCUT2D eigenvalue weighted by atomic mass is 10.2. The maximum atomic E-state index is 12.6. The third-order valence-electron chi connectivity index (χ3n) is 3.36. The largest absolute Gasteiger partial charge is 0.453 e. The first-order valence-electron chi connectivity index (χ1n) is 6.74. The van der Waals surface area contributed by atoms with E-state index in [1.807, 2.05) is 0 Å². The molecule has 0 bridgehead atoms. The fourth-order valence-electron chi connectivity index (χ4n) is 2.22. The molecule has 0 unspecified atom stereocenters. The monoisotopic (exact) mass is 354 g/mol. The molecule has 0 spiro atoms. The quantitative estimate of drug-likeness (QED) is 0.895. The molecule has 10 heteroatoms. The molecule has 2 aromatic rings. The number of nitrogens with one attached hydrogen (secondary N) is 1. The van der Waals surface area contributed by atoms with Crippen LogP contribution in [0.25, 0.3) is 0 Å². The maximum Gasteiger partial charge on any atom is 0.413 e. The number of hydrogen-bond acceptors (Lipinski definition) is 7. The molecular formula is C13H14N4O4S2. The lowest BCUT2D eigenvalue weighted by Gasteiger charge is -2.25. The molecule has 0 saturated heterocycles. The topological polar surface area (TPSA) is 101 Å². The average molecular weight is 354 g/mol. The number of hydrogen-bond donors (Lipinski definition) is 1. The molecule has 8 nitrogen and oxygen atoms in total. The summed E-state index contributed by atoms with van der Waals surface area (Å²) < 4.78 is 31.1. The SMILES string of the molecule is COC(=O)Nc1nc2c(s1)CN(S(=O)(=O)c1cccnc1)CC2. The lowest BCUT2D eigenvalue weighted by Crippen LogP contribution is -2.35. The van der Waals surface area contributed by atoms with Crippen molar-refractivity contribution in [3.8, 4) is 0 Å². The number of nitrogens with zero attached hydrogens (tertiary/aromatic N) is 3. The Kier molecular flexibility index (Phi) is 4.28. The van der Waals surface area contributed by atoms with Gasteiger partial charge in [-0.15, -0.1) is 0 Å². The molecule has 122 valence electrons. The Morgan fingerprint density at radius 2 is 2.30 bits per heavy atom. The Labute approximate surface area is 137 Å². The van der Waals surface area contributed by atoms with Gasteiger partial charge in [0.15, 0.2) is 5.13 Å². The molecule has 23 heavy (non-hydrogen) atoms. The number of fused-ring (bicyclic) bond motifs is 1. The normalized spacial score (nSPS) is 15.0. The Balaban J connectivity index is 1.82. The van der Waals surface area contributed by atoms with Gasteiger partial charge in [0, 0.05) is 30.2 Å². The molecular weight excluding hydrogens is 340 g/mol. The number of carbonyl (C=O) groups excluding carboxylic acids is 1. The van der Waals surface area contributed by atoms with Gasteiger partial charge in [-0.1, -0.05) is 11.3 Å². The fraction of sp³-hybridized carbons (Fsp3) is 0.308. The van der Waals surface area contributed by atoms with Gasteiger partial charge in [-0.3, -0.25) is 10.3 Å². The number of anilines is 1. The smallest absolute Gasteiger partial charge is 0.413 e. The molecule has 1 amide bonds. The number of ether oxygens (including phenoxy) is 1. The van der Waals surface area contributed by atoms with Gasteiger partial charge in [-0.2, -0.15) is 4.31 Å². The zero-order valence-corrected chi connectivity index (χ0v) is 13.9. The summed E-state index contributed by atoms with van der Waals surface area (Å²) in [5.74, 6) is 0. The van der Waals surface area contributed by atoms with Crippen molar-refractivity contribution in [2.24, 2.45) is 0 Å². The van der Waals surface area contributed by atoms with Crippen molar-refractivity contribution in [1.82, 2.24) is 14.3 Å². The molecule has 2 aromatic heterocycles. The Morgan fingerprint density at radius 3 is 3.00 bits per heavy atom. The van der Waals surface area contributed by atoms with E-state index in [0.717, 1.165) is 10.6 Å². The number of methoxy groups -OCH3 is 1. The van der Waals surface area contributed by atoms with E-state index < -0.39 is 16.1 Å². The van der Waals surface area contributed by atoms with Gasteiger partial charge in [0.05, 0.1) is 19.3 Å². The number of pyridine rings is 1. The zero-order chi connectivity index (χ0) is 16.4. The number of carbonyl (C=O) groups is 1. The predicted octanol–water partition coefficient (Wildman–Crippen LogP) is 1.46. The number of amides is 1. The third kappa shape index (κ3) is 3.19. The molecule has 1 N–H and O–H groups in total. The van der Waals surface area contributed by atoms with E-state index in [9.17, 15) is 13.2 Å². The molecule has 1 aliphatic heterocycles. The second-order valence-electron chi connectivity index (χ2n) is 4.78. The van der Waals surface area contributed by atoms with Crippen molar-refractivity contribution in [1.29, 1.82) is 0 Å². The Morgan fingerprint density at radius 1 is 1.48 bits per heavy atom.